The van der Waals surface area contributed by atoms with Crippen LogP contribution in [0.25, 0.3) is 6.08 Å². The molecule has 0 amide bonds. The summed E-state index contributed by atoms with van der Waals surface area (Å²) in [6.45, 7) is 5.63. The van der Waals surface area contributed by atoms with Crippen molar-refractivity contribution in [1.29, 1.82) is 0 Å². The van der Waals surface area contributed by atoms with Crippen molar-refractivity contribution < 1.29 is 32.5 Å². The molecule has 1 unspecified atom stereocenters. The number of carboxylic acid groups (broad SMARTS) is 1. The molecule has 0 spiro atoms. The molecule has 0 radical (unpaired) electrons. The van der Waals surface area contributed by atoms with Crippen LogP contribution in [0, 0.1) is 20.8 Å². The number of hydrogen-bond acceptors (Lipinski definition) is 3. The largest absolute Gasteiger partial charge is 0.478 e. The molecule has 1 atom stereocenters. The number of benzene rings is 2. The Hall–Kier alpha value is -2.67. The molecule has 148 valence electrons. The van der Waals surface area contributed by atoms with Gasteiger partial charge in [-0.3, -0.25) is 0 Å². The molecule has 0 saturated heterocycles. The van der Waals surface area contributed by atoms with Gasteiger partial charge in [-0.25, -0.2) is 4.79 Å². The molecule has 2 aromatic rings. The molecule has 1 N–H and O–H groups in total. The third kappa shape index (κ3) is 3.80. The Labute approximate surface area is 164 Å². The third-order valence-electron chi connectivity index (χ3n) is 4.26. The average molecular weight is 413 g/mol. The lowest BCUT2D eigenvalue weighted by Gasteiger charge is -2.27. The fourth-order valence-electron chi connectivity index (χ4n) is 3.13. The van der Waals surface area contributed by atoms with E-state index >= 15 is 0 Å². The van der Waals surface area contributed by atoms with E-state index in [1.807, 2.05) is 32.9 Å². The van der Waals surface area contributed by atoms with Crippen LogP contribution in [0.2, 0.25) is 5.02 Å². The van der Waals surface area contributed by atoms with E-state index in [1.54, 1.807) is 0 Å². The molecule has 1 aliphatic rings. The highest BCUT2D eigenvalue weighted by molar-refractivity contribution is 6.32. The Morgan fingerprint density at radius 2 is 1.75 bits per heavy atom. The number of alkyl halides is 3. The molecule has 0 aliphatic carbocycles. The molecule has 0 fully saturated rings. The minimum atomic E-state index is -4.88. The molecule has 0 saturated carbocycles. The van der Waals surface area contributed by atoms with Crippen LogP contribution in [-0.2, 0) is 4.79 Å². The van der Waals surface area contributed by atoms with Gasteiger partial charge >= 0.3 is 12.1 Å². The SMILES string of the molecule is Cc1cc(C)c(Oc2cc3c(cc2Cl)C=C(C(=O)O)C(C(F)(F)F)O3)c(C)c1. The van der Waals surface area contributed by atoms with Crippen molar-refractivity contribution in [1.82, 2.24) is 0 Å². The average Bonchev–Trinajstić information content (AvgIpc) is 2.56. The molecule has 4 nitrogen and oxygen atoms in total. The Balaban J connectivity index is 2.05. The zero-order valence-electron chi connectivity index (χ0n) is 15.1. The number of fused-ring (bicyclic) bond motifs is 1. The van der Waals surface area contributed by atoms with Crippen molar-refractivity contribution in [2.24, 2.45) is 0 Å². The molecule has 0 bridgehead atoms. The molecule has 1 heterocycles. The van der Waals surface area contributed by atoms with E-state index in [1.165, 1.54) is 12.1 Å². The number of aliphatic carboxylic acids is 1. The first-order chi connectivity index (χ1) is 13.0. The lowest BCUT2D eigenvalue weighted by molar-refractivity contribution is -0.187. The molecular weight excluding hydrogens is 397 g/mol. The van der Waals surface area contributed by atoms with E-state index in [0.29, 0.717) is 5.75 Å². The minimum absolute atomic E-state index is 0.114. The summed E-state index contributed by atoms with van der Waals surface area (Å²) in [5, 5.41) is 9.21. The Bertz CT molecular complexity index is 973. The second-order valence-corrected chi connectivity index (χ2v) is 7.00. The van der Waals surface area contributed by atoms with E-state index < -0.39 is 23.8 Å². The summed E-state index contributed by atoms with van der Waals surface area (Å²) < 4.78 is 50.5. The van der Waals surface area contributed by atoms with Crippen molar-refractivity contribution in [3.8, 4) is 17.2 Å². The van der Waals surface area contributed by atoms with Gasteiger partial charge in [0.25, 0.3) is 0 Å². The van der Waals surface area contributed by atoms with Gasteiger partial charge in [-0.1, -0.05) is 29.3 Å². The molecular formula is C20H16ClF3O4. The van der Waals surface area contributed by atoms with Gasteiger partial charge in [0.15, 0.2) is 0 Å². The van der Waals surface area contributed by atoms with E-state index in [4.69, 9.17) is 26.2 Å². The van der Waals surface area contributed by atoms with Gasteiger partial charge in [0, 0.05) is 11.6 Å². The number of carbonyl (C=O) groups is 1. The summed E-state index contributed by atoms with van der Waals surface area (Å²) in [5.41, 5.74) is 1.95. The summed E-state index contributed by atoms with van der Waals surface area (Å²) in [4.78, 5) is 11.2. The van der Waals surface area contributed by atoms with Crippen LogP contribution in [0.15, 0.2) is 29.8 Å². The van der Waals surface area contributed by atoms with E-state index in [2.05, 4.69) is 0 Å². The van der Waals surface area contributed by atoms with Crippen molar-refractivity contribution in [3.05, 3.63) is 57.1 Å². The quantitative estimate of drug-likeness (QED) is 0.687. The lowest BCUT2D eigenvalue weighted by atomic mass is 10.0. The highest BCUT2D eigenvalue weighted by Gasteiger charge is 2.48. The van der Waals surface area contributed by atoms with Gasteiger partial charge in [0.2, 0.25) is 6.10 Å². The van der Waals surface area contributed by atoms with Crippen LogP contribution in [-0.4, -0.2) is 23.4 Å². The van der Waals surface area contributed by atoms with Crippen molar-refractivity contribution in [3.63, 3.8) is 0 Å². The number of aryl methyl sites for hydroxylation is 3. The van der Waals surface area contributed by atoms with Crippen LogP contribution in [0.1, 0.15) is 22.3 Å². The standard InChI is InChI=1S/C20H16ClF3O4/c1-9-4-10(2)17(11(3)5-9)27-16-8-15-12(7-14(16)21)6-13(19(25)26)18(28-15)20(22,23)24/h4-8,18H,1-3H3,(H,25,26). The maximum atomic E-state index is 13.2. The zero-order valence-corrected chi connectivity index (χ0v) is 15.9. The first kappa shape index (κ1) is 20.1. The summed E-state index contributed by atoms with van der Waals surface area (Å²) >= 11 is 6.22. The Morgan fingerprint density at radius 3 is 2.29 bits per heavy atom. The monoisotopic (exact) mass is 412 g/mol. The maximum absolute atomic E-state index is 13.2. The normalized spacial score (nSPS) is 16.1. The van der Waals surface area contributed by atoms with E-state index in [9.17, 15) is 18.0 Å². The van der Waals surface area contributed by atoms with Crippen LogP contribution in [0.5, 0.6) is 17.2 Å². The topological polar surface area (TPSA) is 55.8 Å². The fourth-order valence-corrected chi connectivity index (χ4v) is 3.34. The summed E-state index contributed by atoms with van der Waals surface area (Å²) in [6, 6.07) is 6.38. The lowest BCUT2D eigenvalue weighted by Crippen LogP contribution is -2.40. The van der Waals surface area contributed by atoms with E-state index in [-0.39, 0.29) is 22.1 Å². The number of rotatable bonds is 3. The summed E-state index contributed by atoms with van der Waals surface area (Å²) in [6.07, 6.45) is -6.54. The molecule has 3 rings (SSSR count). The second-order valence-electron chi connectivity index (χ2n) is 6.59. The third-order valence-corrected chi connectivity index (χ3v) is 4.56. The number of hydrogen-bond donors (Lipinski definition) is 1. The van der Waals surface area contributed by atoms with Crippen LogP contribution in [0.4, 0.5) is 13.2 Å². The first-order valence-corrected chi connectivity index (χ1v) is 8.62. The first-order valence-electron chi connectivity index (χ1n) is 8.25. The van der Waals surface area contributed by atoms with Gasteiger partial charge < -0.3 is 14.6 Å². The highest BCUT2D eigenvalue weighted by Crippen LogP contribution is 2.43. The molecule has 28 heavy (non-hydrogen) atoms. The highest BCUT2D eigenvalue weighted by atomic mass is 35.5. The van der Waals surface area contributed by atoms with Gasteiger partial charge in [0.05, 0.1) is 10.6 Å². The Morgan fingerprint density at radius 1 is 1.14 bits per heavy atom. The predicted molar refractivity (Wildman–Crippen MR) is 98.3 cm³/mol. The molecule has 2 aromatic carbocycles. The zero-order chi connectivity index (χ0) is 20.8. The smallest absolute Gasteiger partial charge is 0.430 e. The van der Waals surface area contributed by atoms with Crippen LogP contribution < -0.4 is 9.47 Å². The second kappa shape index (κ2) is 7.05. The van der Waals surface area contributed by atoms with Crippen molar-refractivity contribution in [2.45, 2.75) is 33.1 Å². The fraction of sp³-hybridized carbons (Fsp3) is 0.250. The number of halogens is 4. The van der Waals surface area contributed by atoms with Crippen molar-refractivity contribution in [2.75, 3.05) is 0 Å². The van der Waals surface area contributed by atoms with Crippen LogP contribution >= 0.6 is 11.6 Å². The van der Waals surface area contributed by atoms with Gasteiger partial charge in [-0.05, 0) is 44.0 Å². The van der Waals surface area contributed by atoms with Gasteiger partial charge in [-0.2, -0.15) is 13.2 Å². The molecule has 0 aromatic heterocycles. The van der Waals surface area contributed by atoms with Gasteiger partial charge in [-0.15, -0.1) is 0 Å². The number of carboxylic acids is 1. The Kier molecular flexibility index (Phi) is 5.06. The summed E-state index contributed by atoms with van der Waals surface area (Å²) in [7, 11) is 0. The maximum Gasteiger partial charge on any atom is 0.430 e. The van der Waals surface area contributed by atoms with Crippen LogP contribution in [0.3, 0.4) is 0 Å². The van der Waals surface area contributed by atoms with E-state index in [0.717, 1.165) is 22.8 Å². The van der Waals surface area contributed by atoms with Gasteiger partial charge in [0.1, 0.15) is 17.2 Å². The number of ether oxygens (including phenoxy) is 2. The minimum Gasteiger partial charge on any atom is -0.478 e. The predicted octanol–water partition coefficient (Wildman–Crippen LogP) is 5.85. The van der Waals surface area contributed by atoms with Crippen molar-refractivity contribution >= 4 is 23.6 Å². The molecule has 8 heteroatoms. The molecule has 1 aliphatic heterocycles. The summed E-state index contributed by atoms with van der Waals surface area (Å²) in [5.74, 6) is -1.22.